The van der Waals surface area contributed by atoms with Crippen LogP contribution in [0, 0.1) is 0 Å². The number of nitrogens with one attached hydrogen (secondary N) is 2. The van der Waals surface area contributed by atoms with Crippen molar-refractivity contribution in [1.29, 1.82) is 0 Å². The smallest absolute Gasteiger partial charge is 0.267 e. The molecule has 0 bridgehead atoms. The van der Waals surface area contributed by atoms with Crippen LogP contribution in [0.5, 0.6) is 0 Å². The molecule has 2 aromatic rings. The molecule has 0 saturated heterocycles. The van der Waals surface area contributed by atoms with Crippen molar-refractivity contribution in [2.75, 3.05) is 12.3 Å². The number of halogens is 2. The van der Waals surface area contributed by atoms with Gasteiger partial charge >= 0.3 is 0 Å². The predicted molar refractivity (Wildman–Crippen MR) is 79.9 cm³/mol. The molecule has 8 heteroatoms. The number of anilines is 1. The van der Waals surface area contributed by atoms with Crippen molar-refractivity contribution in [3.05, 3.63) is 32.7 Å². The standard InChI is InChI=1S/C11H13Br2N5O/c1-18-8(4-7(12)9(18)13)10(19)15-3-2-6-5-16-11(14)17-6/h4-5H,2-3H2,1H3,(H,15,19)(H3,14,16,17). The van der Waals surface area contributed by atoms with Crippen LogP contribution in [0.25, 0.3) is 0 Å². The van der Waals surface area contributed by atoms with Gasteiger partial charge in [-0.3, -0.25) is 4.79 Å². The maximum atomic E-state index is 12.0. The van der Waals surface area contributed by atoms with E-state index >= 15 is 0 Å². The number of nitrogens with two attached hydrogens (primary N) is 1. The van der Waals surface area contributed by atoms with Crippen molar-refractivity contribution in [3.63, 3.8) is 0 Å². The zero-order valence-corrected chi connectivity index (χ0v) is 13.4. The Labute approximate surface area is 127 Å². The SMILES string of the molecule is Cn1c(C(=O)NCCc2cnc(N)[nH]2)cc(Br)c1Br. The van der Waals surface area contributed by atoms with Gasteiger partial charge < -0.3 is 20.6 Å². The molecule has 0 unspecified atom stereocenters. The highest BCUT2D eigenvalue weighted by molar-refractivity contribution is 9.13. The van der Waals surface area contributed by atoms with Crippen molar-refractivity contribution in [3.8, 4) is 0 Å². The highest BCUT2D eigenvalue weighted by Gasteiger charge is 2.14. The molecule has 0 aliphatic rings. The third-order valence-corrected chi connectivity index (χ3v) is 4.77. The fourth-order valence-electron chi connectivity index (χ4n) is 1.67. The average molecular weight is 391 g/mol. The number of H-pyrrole nitrogens is 1. The minimum Gasteiger partial charge on any atom is -0.369 e. The van der Waals surface area contributed by atoms with Crippen LogP contribution in [-0.2, 0) is 13.5 Å². The Kier molecular flexibility index (Phi) is 4.31. The summed E-state index contributed by atoms with van der Waals surface area (Å²) in [6.45, 7) is 0.515. The van der Waals surface area contributed by atoms with Crippen LogP contribution < -0.4 is 11.1 Å². The molecule has 0 fully saturated rings. The number of hydrogen-bond acceptors (Lipinski definition) is 3. The normalized spacial score (nSPS) is 10.7. The van der Waals surface area contributed by atoms with Crippen LogP contribution in [0.4, 0.5) is 5.95 Å². The fourth-order valence-corrected chi connectivity index (χ4v) is 2.45. The molecule has 1 amide bonds. The molecule has 2 rings (SSSR count). The van der Waals surface area contributed by atoms with Crippen LogP contribution in [0.15, 0.2) is 21.3 Å². The summed E-state index contributed by atoms with van der Waals surface area (Å²) in [5.41, 5.74) is 6.95. The summed E-state index contributed by atoms with van der Waals surface area (Å²) in [4.78, 5) is 18.8. The summed E-state index contributed by atoms with van der Waals surface area (Å²) in [6, 6.07) is 1.77. The summed E-state index contributed by atoms with van der Waals surface area (Å²) in [5.74, 6) is 0.262. The average Bonchev–Trinajstić information content (AvgIpc) is 2.89. The Balaban J connectivity index is 1.92. The van der Waals surface area contributed by atoms with Crippen LogP contribution >= 0.6 is 31.9 Å². The first-order valence-electron chi connectivity index (χ1n) is 5.57. The van der Waals surface area contributed by atoms with Gasteiger partial charge in [0.25, 0.3) is 5.91 Å². The van der Waals surface area contributed by atoms with E-state index in [1.165, 1.54) is 0 Å². The van der Waals surface area contributed by atoms with Crippen molar-refractivity contribution in [2.24, 2.45) is 7.05 Å². The highest BCUT2D eigenvalue weighted by Crippen LogP contribution is 2.26. The molecule has 0 aliphatic heterocycles. The van der Waals surface area contributed by atoms with Gasteiger partial charge in [0.15, 0.2) is 5.95 Å². The van der Waals surface area contributed by atoms with Crippen LogP contribution in [0.1, 0.15) is 16.2 Å². The van der Waals surface area contributed by atoms with Gasteiger partial charge in [0.1, 0.15) is 5.69 Å². The van der Waals surface area contributed by atoms with Crippen molar-refractivity contribution in [2.45, 2.75) is 6.42 Å². The van der Waals surface area contributed by atoms with Gasteiger partial charge in [0, 0.05) is 25.7 Å². The maximum Gasteiger partial charge on any atom is 0.267 e. The van der Waals surface area contributed by atoms with E-state index in [2.05, 4.69) is 47.1 Å². The molecule has 0 aliphatic carbocycles. The van der Waals surface area contributed by atoms with Crippen LogP contribution in [0.2, 0.25) is 0 Å². The number of carbonyl (C=O) groups excluding carboxylic acids is 1. The van der Waals surface area contributed by atoms with Gasteiger partial charge in [-0.25, -0.2) is 4.98 Å². The lowest BCUT2D eigenvalue weighted by atomic mass is 10.3. The molecule has 19 heavy (non-hydrogen) atoms. The number of aromatic amines is 1. The molecule has 0 aromatic carbocycles. The molecule has 0 saturated carbocycles. The van der Waals surface area contributed by atoms with E-state index in [0.29, 0.717) is 24.6 Å². The molecule has 6 nitrogen and oxygen atoms in total. The third-order valence-electron chi connectivity index (χ3n) is 2.68. The second kappa shape index (κ2) is 5.79. The summed E-state index contributed by atoms with van der Waals surface area (Å²) in [6.07, 6.45) is 2.32. The lowest BCUT2D eigenvalue weighted by Gasteiger charge is -2.05. The van der Waals surface area contributed by atoms with E-state index in [9.17, 15) is 4.79 Å². The maximum absolute atomic E-state index is 12.0. The zero-order valence-electron chi connectivity index (χ0n) is 10.2. The molecule has 0 atom stereocenters. The number of amides is 1. The number of nitrogen functional groups attached to an aromatic ring is 1. The Hall–Kier alpha value is -1.28. The first kappa shape index (κ1) is 14.1. The Morgan fingerprint density at radius 1 is 1.58 bits per heavy atom. The number of imidazole rings is 1. The molecule has 4 N–H and O–H groups in total. The molecule has 2 heterocycles. The molecular weight excluding hydrogens is 378 g/mol. The fraction of sp³-hybridized carbons (Fsp3) is 0.273. The van der Waals surface area contributed by atoms with E-state index in [1.54, 1.807) is 16.8 Å². The van der Waals surface area contributed by atoms with E-state index in [1.807, 2.05) is 7.05 Å². The topological polar surface area (TPSA) is 88.7 Å². The summed E-state index contributed by atoms with van der Waals surface area (Å²) in [7, 11) is 1.82. The first-order chi connectivity index (χ1) is 8.99. The second-order valence-electron chi connectivity index (χ2n) is 4.03. The zero-order chi connectivity index (χ0) is 14.0. The first-order valence-corrected chi connectivity index (χ1v) is 7.16. The Morgan fingerprint density at radius 3 is 2.84 bits per heavy atom. The highest BCUT2D eigenvalue weighted by atomic mass is 79.9. The number of hydrogen-bond donors (Lipinski definition) is 3. The molecule has 102 valence electrons. The van der Waals surface area contributed by atoms with Gasteiger partial charge in [-0.2, -0.15) is 0 Å². The largest absolute Gasteiger partial charge is 0.369 e. The molecule has 0 radical (unpaired) electrons. The molecule has 0 spiro atoms. The summed E-state index contributed by atoms with van der Waals surface area (Å²) < 4.78 is 3.45. The van der Waals surface area contributed by atoms with Gasteiger partial charge in [-0.05, 0) is 37.9 Å². The minimum absolute atomic E-state index is 0.124. The van der Waals surface area contributed by atoms with Crippen molar-refractivity contribution < 1.29 is 4.79 Å². The van der Waals surface area contributed by atoms with Gasteiger partial charge in [-0.1, -0.05) is 0 Å². The van der Waals surface area contributed by atoms with E-state index in [0.717, 1.165) is 14.8 Å². The van der Waals surface area contributed by atoms with Crippen LogP contribution in [-0.4, -0.2) is 27.0 Å². The van der Waals surface area contributed by atoms with Crippen molar-refractivity contribution in [1.82, 2.24) is 19.9 Å². The lowest BCUT2D eigenvalue weighted by molar-refractivity contribution is 0.0946. The van der Waals surface area contributed by atoms with Crippen LogP contribution in [0.3, 0.4) is 0 Å². The quantitative estimate of drug-likeness (QED) is 0.743. The van der Waals surface area contributed by atoms with E-state index < -0.39 is 0 Å². The Morgan fingerprint density at radius 2 is 2.32 bits per heavy atom. The van der Waals surface area contributed by atoms with E-state index in [-0.39, 0.29) is 5.91 Å². The Bertz CT molecular complexity index is 604. The monoisotopic (exact) mass is 389 g/mol. The number of rotatable bonds is 4. The van der Waals surface area contributed by atoms with Crippen molar-refractivity contribution >= 4 is 43.7 Å². The third kappa shape index (κ3) is 3.19. The van der Waals surface area contributed by atoms with Gasteiger partial charge in [0.2, 0.25) is 0 Å². The minimum atomic E-state index is -0.124. The predicted octanol–water partition coefficient (Wildman–Crippen LogP) is 1.83. The molecular formula is C11H13Br2N5O. The summed E-state index contributed by atoms with van der Waals surface area (Å²) in [5, 5.41) is 2.85. The molecule has 2 aromatic heterocycles. The summed E-state index contributed by atoms with van der Waals surface area (Å²) >= 11 is 6.75. The second-order valence-corrected chi connectivity index (χ2v) is 5.63. The van der Waals surface area contributed by atoms with Gasteiger partial charge in [-0.15, -0.1) is 0 Å². The lowest BCUT2D eigenvalue weighted by Crippen LogP contribution is -2.27. The van der Waals surface area contributed by atoms with E-state index in [4.69, 9.17) is 5.73 Å². The number of carbonyl (C=O) groups is 1. The van der Waals surface area contributed by atoms with Gasteiger partial charge in [0.05, 0.1) is 15.3 Å². The number of nitrogens with zero attached hydrogens (tertiary/aromatic N) is 2. The number of aromatic nitrogens is 3.